The molecule has 0 amide bonds. The highest BCUT2D eigenvalue weighted by atomic mass is 16.7. The van der Waals surface area contributed by atoms with Gasteiger partial charge in [0.2, 0.25) is 0 Å². The van der Waals surface area contributed by atoms with E-state index in [-0.39, 0.29) is 5.79 Å². The lowest BCUT2D eigenvalue weighted by Crippen LogP contribution is -2.60. The molecule has 4 fully saturated rings. The lowest BCUT2D eigenvalue weighted by Gasteiger charge is -2.62. The molecule has 0 bridgehead atoms. The number of hydrogen-bond donors (Lipinski definition) is 0. The molecule has 1 aromatic rings. The fraction of sp³-hybridized carbons (Fsp3) is 0.824. The molecule has 0 radical (unpaired) electrons. The van der Waals surface area contributed by atoms with Gasteiger partial charge in [0.1, 0.15) is 0 Å². The predicted molar refractivity (Wildman–Crippen MR) is 148 cm³/mol. The minimum absolute atomic E-state index is 0.330. The maximum atomic E-state index is 7.06. The van der Waals surface area contributed by atoms with Gasteiger partial charge in [-0.3, -0.25) is 0 Å². The lowest BCUT2D eigenvalue weighted by atomic mass is 9.47. The van der Waals surface area contributed by atoms with Crippen molar-refractivity contribution in [1.82, 2.24) is 0 Å². The van der Waals surface area contributed by atoms with E-state index in [0.717, 1.165) is 48.3 Å². The van der Waals surface area contributed by atoms with Crippen LogP contribution >= 0.6 is 0 Å². The highest BCUT2D eigenvalue weighted by Gasteiger charge is 2.62. The minimum Gasteiger partial charge on any atom is -0.346 e. The third-order valence-electron chi connectivity index (χ3n) is 12.5. The van der Waals surface area contributed by atoms with Crippen LogP contribution in [-0.2, 0) is 22.5 Å². The second-order valence-electron chi connectivity index (χ2n) is 14.7. The normalized spacial score (nSPS) is 44.6. The average Bonchev–Trinajstić information content (AvgIpc) is 3.21. The van der Waals surface area contributed by atoms with Crippen LogP contribution in [0.25, 0.3) is 0 Å². The van der Waals surface area contributed by atoms with Crippen LogP contribution < -0.4 is 0 Å². The smallest absolute Gasteiger partial charge is 0.173 e. The molecule has 200 valence electrons. The van der Waals surface area contributed by atoms with E-state index in [1.807, 2.05) is 0 Å². The Morgan fingerprint density at radius 3 is 2.42 bits per heavy atom. The van der Waals surface area contributed by atoms with Gasteiger partial charge in [-0.25, -0.2) is 0 Å². The van der Waals surface area contributed by atoms with Crippen LogP contribution in [0.15, 0.2) is 24.3 Å². The summed E-state index contributed by atoms with van der Waals surface area (Å²) in [5, 5.41) is 0. The molecule has 1 aromatic carbocycles. The molecule has 2 heteroatoms. The zero-order valence-corrected chi connectivity index (χ0v) is 23.9. The zero-order chi connectivity index (χ0) is 25.1. The van der Waals surface area contributed by atoms with Gasteiger partial charge in [0.25, 0.3) is 0 Å². The van der Waals surface area contributed by atoms with Crippen molar-refractivity contribution in [2.75, 3.05) is 0 Å². The largest absolute Gasteiger partial charge is 0.346 e. The van der Waals surface area contributed by atoms with Crippen LogP contribution in [0.1, 0.15) is 116 Å². The first-order valence-electron chi connectivity index (χ1n) is 15.6. The number of ether oxygens (including phenoxy) is 2. The molecule has 3 saturated carbocycles. The Morgan fingerprint density at radius 1 is 0.833 bits per heavy atom. The van der Waals surface area contributed by atoms with Crippen molar-refractivity contribution in [3.63, 3.8) is 0 Å². The Balaban J connectivity index is 1.15. The van der Waals surface area contributed by atoms with Crippen molar-refractivity contribution in [2.24, 2.45) is 46.3 Å². The zero-order valence-electron chi connectivity index (χ0n) is 23.9. The molecule has 3 aliphatic carbocycles. The van der Waals surface area contributed by atoms with Crippen molar-refractivity contribution >= 4 is 0 Å². The van der Waals surface area contributed by atoms with E-state index in [9.17, 15) is 0 Å². The predicted octanol–water partition coefficient (Wildman–Crippen LogP) is 8.96. The van der Waals surface area contributed by atoms with Gasteiger partial charge in [0.15, 0.2) is 5.79 Å². The molecule has 1 saturated heterocycles. The molecular formula is C34H52O2. The molecule has 9 atom stereocenters. The molecule has 0 N–H and O–H groups in total. The van der Waals surface area contributed by atoms with E-state index in [4.69, 9.17) is 9.47 Å². The minimum atomic E-state index is -0.377. The Morgan fingerprint density at radius 2 is 1.61 bits per heavy atom. The number of fused-ring (bicyclic) bond motifs is 6. The summed E-state index contributed by atoms with van der Waals surface area (Å²) >= 11 is 0. The summed E-state index contributed by atoms with van der Waals surface area (Å²) in [6, 6.07) is 8.82. The van der Waals surface area contributed by atoms with Gasteiger partial charge in [0, 0.05) is 12.8 Å². The quantitative estimate of drug-likeness (QED) is 0.408. The molecule has 5 aliphatic rings. The Bertz CT molecular complexity index is 939. The fourth-order valence-electron chi connectivity index (χ4n) is 10.4. The summed E-state index contributed by atoms with van der Waals surface area (Å²) in [5.74, 6) is 5.02. The Hall–Kier alpha value is -0.860. The van der Waals surface area contributed by atoms with Gasteiger partial charge < -0.3 is 9.47 Å². The standard InChI is InChI=1S/C34H52O2/c1-23(2)9-8-10-24(3)28-14-15-29-27-13-16-31-33(5,30(27)17-18-32(28,29)4)19-20-34(36-31)21-25-11-6-7-12-26(25)22-35-34/h6-7,11-12,23-24,27-31H,8-10,13-22H2,1-5H3/t24-,27+,28-,29+,30+,31+,32-,33-,34+/m1/s1. The van der Waals surface area contributed by atoms with Gasteiger partial charge in [-0.1, -0.05) is 78.1 Å². The summed E-state index contributed by atoms with van der Waals surface area (Å²) in [6.45, 7) is 13.4. The molecule has 2 aliphatic heterocycles. The van der Waals surface area contributed by atoms with Crippen LogP contribution in [0.5, 0.6) is 0 Å². The fourth-order valence-corrected chi connectivity index (χ4v) is 10.4. The molecule has 1 spiro atoms. The lowest BCUT2D eigenvalue weighted by molar-refractivity contribution is -0.333. The third kappa shape index (κ3) is 4.12. The maximum Gasteiger partial charge on any atom is 0.173 e. The van der Waals surface area contributed by atoms with Crippen molar-refractivity contribution in [2.45, 2.75) is 130 Å². The average molecular weight is 493 g/mol. The van der Waals surface area contributed by atoms with Crippen LogP contribution in [-0.4, -0.2) is 11.9 Å². The van der Waals surface area contributed by atoms with Crippen molar-refractivity contribution < 1.29 is 9.47 Å². The highest BCUT2D eigenvalue weighted by molar-refractivity contribution is 5.29. The van der Waals surface area contributed by atoms with Crippen LogP contribution in [0.4, 0.5) is 0 Å². The number of benzene rings is 1. The van der Waals surface area contributed by atoms with Gasteiger partial charge in [-0.05, 0) is 102 Å². The van der Waals surface area contributed by atoms with E-state index in [1.165, 1.54) is 75.3 Å². The molecular weight excluding hydrogens is 440 g/mol. The first-order valence-corrected chi connectivity index (χ1v) is 15.6. The van der Waals surface area contributed by atoms with E-state index in [1.54, 1.807) is 0 Å². The van der Waals surface area contributed by atoms with E-state index in [2.05, 4.69) is 58.9 Å². The summed E-state index contributed by atoms with van der Waals surface area (Å²) in [5.41, 5.74) is 3.70. The van der Waals surface area contributed by atoms with Crippen molar-refractivity contribution in [1.29, 1.82) is 0 Å². The number of rotatable bonds is 5. The summed E-state index contributed by atoms with van der Waals surface area (Å²) in [6.07, 6.45) is 16.4. The van der Waals surface area contributed by atoms with Gasteiger partial charge in [-0.15, -0.1) is 0 Å². The molecule has 0 unspecified atom stereocenters. The maximum absolute atomic E-state index is 7.06. The van der Waals surface area contributed by atoms with E-state index < -0.39 is 0 Å². The highest BCUT2D eigenvalue weighted by Crippen LogP contribution is 2.68. The summed E-state index contributed by atoms with van der Waals surface area (Å²) < 4.78 is 13.6. The van der Waals surface area contributed by atoms with Crippen molar-refractivity contribution in [3.05, 3.63) is 35.4 Å². The molecule has 0 aromatic heterocycles. The first kappa shape index (κ1) is 25.4. The van der Waals surface area contributed by atoms with Gasteiger partial charge in [-0.2, -0.15) is 0 Å². The van der Waals surface area contributed by atoms with E-state index >= 15 is 0 Å². The summed E-state index contributed by atoms with van der Waals surface area (Å²) in [4.78, 5) is 0. The van der Waals surface area contributed by atoms with Crippen LogP contribution in [0, 0.1) is 46.3 Å². The third-order valence-corrected chi connectivity index (χ3v) is 12.5. The van der Waals surface area contributed by atoms with Crippen LogP contribution in [0.3, 0.4) is 0 Å². The van der Waals surface area contributed by atoms with Crippen LogP contribution in [0.2, 0.25) is 0 Å². The molecule has 36 heavy (non-hydrogen) atoms. The topological polar surface area (TPSA) is 18.5 Å². The monoisotopic (exact) mass is 492 g/mol. The second kappa shape index (κ2) is 9.41. The second-order valence-corrected chi connectivity index (χ2v) is 14.7. The molecule has 2 nitrogen and oxygen atoms in total. The SMILES string of the molecule is CC(C)CCC[C@@H](C)[C@H]1CC[C@H]2[C@@H]3CC[C@@H]4O[C@@]5(CC[C@]4(C)[C@H]3CC[C@]12C)Cc1ccccc1CO5. The number of hydrogen-bond acceptors (Lipinski definition) is 2. The van der Waals surface area contributed by atoms with Gasteiger partial charge in [0.05, 0.1) is 12.7 Å². The Kier molecular flexibility index (Phi) is 6.64. The Labute approximate surface area is 221 Å². The molecule has 6 rings (SSSR count). The first-order chi connectivity index (χ1) is 17.2. The van der Waals surface area contributed by atoms with E-state index in [0.29, 0.717) is 23.5 Å². The van der Waals surface area contributed by atoms with Crippen molar-refractivity contribution in [3.8, 4) is 0 Å². The summed E-state index contributed by atoms with van der Waals surface area (Å²) in [7, 11) is 0. The van der Waals surface area contributed by atoms with Gasteiger partial charge >= 0.3 is 0 Å². The molecule has 2 heterocycles.